The number of methoxy groups -OCH3 is 1. The highest BCUT2D eigenvalue weighted by molar-refractivity contribution is 9.12. The fraction of sp³-hybridized carbons (Fsp3) is 0.917. The summed E-state index contributed by atoms with van der Waals surface area (Å²) < 4.78 is 4.88. The molecule has 0 aliphatic heterocycles. The maximum Gasteiger partial charge on any atom is 0.313 e. The molecule has 2 rings (SSSR count). The number of halogens is 2. The van der Waals surface area contributed by atoms with Crippen LogP contribution in [0.5, 0.6) is 0 Å². The highest BCUT2D eigenvalue weighted by atomic mass is 79.9. The summed E-state index contributed by atoms with van der Waals surface area (Å²) >= 11 is 7.46. The predicted molar refractivity (Wildman–Crippen MR) is 71.0 cm³/mol. The maximum atomic E-state index is 12.2. The van der Waals surface area contributed by atoms with E-state index in [2.05, 4.69) is 45.7 Å². The van der Waals surface area contributed by atoms with E-state index in [1.54, 1.807) is 0 Å². The lowest BCUT2D eigenvalue weighted by Crippen LogP contribution is -2.55. The first-order valence-electron chi connectivity index (χ1n) is 5.69. The van der Waals surface area contributed by atoms with Gasteiger partial charge in [-0.3, -0.25) is 4.79 Å². The monoisotopic (exact) mass is 352 g/mol. The Bertz CT molecular complexity index is 329. The standard InChI is InChI=1S/C12H18Br2O2/c1-10(2)8-4-5-11(6-8,9(15)16-3)12(10,14)7-13/h8H,4-7H2,1-3H3/t8-,11+,12+/m0/s1. The van der Waals surface area contributed by atoms with Crippen LogP contribution < -0.4 is 0 Å². The van der Waals surface area contributed by atoms with E-state index < -0.39 is 0 Å². The molecule has 2 fully saturated rings. The Hall–Kier alpha value is 0.430. The lowest BCUT2D eigenvalue weighted by molar-refractivity contribution is -0.154. The van der Waals surface area contributed by atoms with Crippen LogP contribution in [0.1, 0.15) is 33.1 Å². The summed E-state index contributed by atoms with van der Waals surface area (Å²) in [4.78, 5) is 12.2. The van der Waals surface area contributed by atoms with Crippen LogP contribution in [0.2, 0.25) is 0 Å². The van der Waals surface area contributed by atoms with Crippen molar-refractivity contribution < 1.29 is 9.53 Å². The fourth-order valence-corrected chi connectivity index (χ4v) is 5.91. The Kier molecular flexibility index (Phi) is 2.99. The lowest BCUT2D eigenvalue weighted by Gasteiger charge is -2.49. The molecule has 0 aromatic heterocycles. The number of fused-ring (bicyclic) bond motifs is 2. The first-order chi connectivity index (χ1) is 7.35. The van der Waals surface area contributed by atoms with Gasteiger partial charge in [0.1, 0.15) is 0 Å². The highest BCUT2D eigenvalue weighted by Gasteiger charge is 2.72. The van der Waals surface area contributed by atoms with Crippen LogP contribution in [0.3, 0.4) is 0 Å². The van der Waals surface area contributed by atoms with Crippen LogP contribution in [-0.2, 0) is 9.53 Å². The molecule has 2 saturated carbocycles. The molecule has 3 atom stereocenters. The van der Waals surface area contributed by atoms with Gasteiger partial charge in [0.05, 0.1) is 16.8 Å². The normalized spacial score (nSPS) is 44.7. The number of hydrogen-bond donors (Lipinski definition) is 0. The predicted octanol–water partition coefficient (Wildman–Crippen LogP) is 3.51. The zero-order chi connectivity index (χ0) is 12.2. The van der Waals surface area contributed by atoms with Gasteiger partial charge in [0, 0.05) is 5.33 Å². The van der Waals surface area contributed by atoms with Gasteiger partial charge in [0.15, 0.2) is 0 Å². The van der Waals surface area contributed by atoms with E-state index in [-0.39, 0.29) is 21.1 Å². The summed E-state index contributed by atoms with van der Waals surface area (Å²) in [6, 6.07) is 0. The Morgan fingerprint density at radius 1 is 1.50 bits per heavy atom. The van der Waals surface area contributed by atoms with Crippen molar-refractivity contribution in [2.75, 3.05) is 12.4 Å². The van der Waals surface area contributed by atoms with Crippen molar-refractivity contribution in [3.63, 3.8) is 0 Å². The number of carbonyl (C=O) groups is 1. The number of ether oxygens (including phenoxy) is 1. The Morgan fingerprint density at radius 3 is 2.62 bits per heavy atom. The van der Waals surface area contributed by atoms with Crippen LogP contribution in [0.15, 0.2) is 0 Å². The molecule has 92 valence electrons. The Labute approximate surface area is 114 Å². The molecule has 0 amide bonds. The second-order valence-corrected chi connectivity index (χ2v) is 7.58. The average Bonchev–Trinajstić information content (AvgIpc) is 2.78. The van der Waals surface area contributed by atoms with E-state index in [9.17, 15) is 4.79 Å². The molecule has 2 aliphatic carbocycles. The van der Waals surface area contributed by atoms with Crippen LogP contribution in [0, 0.1) is 16.7 Å². The second kappa shape index (κ2) is 3.71. The fourth-order valence-electron chi connectivity index (χ4n) is 3.80. The minimum Gasteiger partial charge on any atom is -0.469 e. The molecule has 0 aromatic rings. The molecular weight excluding hydrogens is 336 g/mol. The van der Waals surface area contributed by atoms with Crippen molar-refractivity contribution in [3.05, 3.63) is 0 Å². The largest absolute Gasteiger partial charge is 0.469 e. The number of alkyl halides is 2. The smallest absolute Gasteiger partial charge is 0.313 e. The van der Waals surface area contributed by atoms with Gasteiger partial charge >= 0.3 is 5.97 Å². The van der Waals surface area contributed by atoms with E-state index in [0.717, 1.165) is 24.6 Å². The molecule has 2 bridgehead atoms. The molecule has 16 heavy (non-hydrogen) atoms. The Balaban J connectivity index is 2.50. The summed E-state index contributed by atoms with van der Waals surface area (Å²) in [6.45, 7) is 4.52. The minimum atomic E-state index is -0.334. The van der Waals surface area contributed by atoms with Crippen molar-refractivity contribution in [1.29, 1.82) is 0 Å². The third-order valence-corrected chi connectivity index (χ3v) is 8.73. The molecule has 0 unspecified atom stereocenters. The summed E-state index contributed by atoms with van der Waals surface area (Å²) in [7, 11) is 1.50. The van der Waals surface area contributed by atoms with Gasteiger partial charge in [-0.05, 0) is 30.6 Å². The van der Waals surface area contributed by atoms with Crippen LogP contribution in [0.4, 0.5) is 0 Å². The van der Waals surface area contributed by atoms with E-state index in [0.29, 0.717) is 5.92 Å². The third-order valence-electron chi connectivity index (χ3n) is 5.08. The average molecular weight is 354 g/mol. The van der Waals surface area contributed by atoms with Crippen molar-refractivity contribution >= 4 is 37.8 Å². The van der Waals surface area contributed by atoms with E-state index in [1.165, 1.54) is 7.11 Å². The number of esters is 1. The molecule has 2 nitrogen and oxygen atoms in total. The lowest BCUT2D eigenvalue weighted by atomic mass is 9.64. The van der Waals surface area contributed by atoms with Gasteiger partial charge < -0.3 is 4.74 Å². The Morgan fingerprint density at radius 2 is 2.12 bits per heavy atom. The topological polar surface area (TPSA) is 26.3 Å². The molecule has 0 spiro atoms. The second-order valence-electron chi connectivity index (χ2n) is 5.67. The van der Waals surface area contributed by atoms with Crippen LogP contribution in [0.25, 0.3) is 0 Å². The molecule has 0 saturated heterocycles. The minimum absolute atomic E-state index is 0.0445. The number of hydrogen-bond acceptors (Lipinski definition) is 2. The zero-order valence-corrected chi connectivity index (χ0v) is 13.2. The SMILES string of the molecule is COC(=O)[C@@]12CC[C@@H](C1)C(C)(C)[C@]2(Br)CBr. The number of rotatable bonds is 2. The van der Waals surface area contributed by atoms with Crippen molar-refractivity contribution in [3.8, 4) is 0 Å². The highest BCUT2D eigenvalue weighted by Crippen LogP contribution is 2.72. The first-order valence-corrected chi connectivity index (χ1v) is 7.60. The van der Waals surface area contributed by atoms with Gasteiger partial charge in [-0.1, -0.05) is 45.7 Å². The van der Waals surface area contributed by atoms with Crippen molar-refractivity contribution in [1.82, 2.24) is 0 Å². The van der Waals surface area contributed by atoms with Crippen molar-refractivity contribution in [2.24, 2.45) is 16.7 Å². The van der Waals surface area contributed by atoms with Crippen molar-refractivity contribution in [2.45, 2.75) is 37.4 Å². The molecule has 4 heteroatoms. The van der Waals surface area contributed by atoms with Gasteiger partial charge in [-0.2, -0.15) is 0 Å². The third kappa shape index (κ3) is 1.21. The summed E-state index contributed by atoms with van der Waals surface area (Å²) in [6.07, 6.45) is 3.05. The maximum absolute atomic E-state index is 12.2. The summed E-state index contributed by atoms with van der Waals surface area (Å²) in [5.41, 5.74) is -0.206. The first kappa shape index (κ1) is 12.9. The van der Waals surface area contributed by atoms with E-state index in [1.807, 2.05) is 0 Å². The van der Waals surface area contributed by atoms with Crippen LogP contribution >= 0.6 is 31.9 Å². The van der Waals surface area contributed by atoms with Gasteiger partial charge in [0.2, 0.25) is 0 Å². The van der Waals surface area contributed by atoms with E-state index in [4.69, 9.17) is 4.74 Å². The molecule has 0 heterocycles. The van der Waals surface area contributed by atoms with Gasteiger partial charge in [0.25, 0.3) is 0 Å². The number of carbonyl (C=O) groups excluding carboxylic acids is 1. The summed E-state index contributed by atoms with van der Waals surface area (Å²) in [5, 5.41) is 0.790. The molecule has 2 aliphatic rings. The molecule has 0 N–H and O–H groups in total. The quantitative estimate of drug-likeness (QED) is 0.560. The zero-order valence-electron chi connectivity index (χ0n) is 9.98. The van der Waals surface area contributed by atoms with Crippen LogP contribution in [-0.4, -0.2) is 22.7 Å². The summed E-state index contributed by atoms with van der Waals surface area (Å²) in [5.74, 6) is 0.570. The van der Waals surface area contributed by atoms with Gasteiger partial charge in [-0.25, -0.2) is 0 Å². The molecule has 0 radical (unpaired) electrons. The van der Waals surface area contributed by atoms with Gasteiger partial charge in [-0.15, -0.1) is 0 Å². The molecular formula is C12H18Br2O2. The van der Waals surface area contributed by atoms with E-state index >= 15 is 0 Å². The molecule has 0 aromatic carbocycles.